The Hall–Kier alpha value is 0.170. The van der Waals surface area contributed by atoms with Crippen molar-refractivity contribution in [3.8, 4) is 0 Å². The lowest BCUT2D eigenvalue weighted by Crippen LogP contribution is -2.57. The van der Waals surface area contributed by atoms with Gasteiger partial charge >= 0.3 is 0 Å². The first-order valence-corrected chi connectivity index (χ1v) is 11.6. The average Bonchev–Trinajstić information content (AvgIpc) is 2.60. The summed E-state index contributed by atoms with van der Waals surface area (Å²) in [7, 11) is 0. The van der Waals surface area contributed by atoms with Crippen LogP contribution in [0.5, 0.6) is 0 Å². The second kappa shape index (κ2) is 19.5. The summed E-state index contributed by atoms with van der Waals surface area (Å²) in [4.78, 5) is 0. The number of aliphatic hydroxyl groups excluding tert-OH is 2. The van der Waals surface area contributed by atoms with E-state index in [4.69, 9.17) is 5.73 Å². The van der Waals surface area contributed by atoms with E-state index >= 15 is 0 Å². The molecule has 0 aliphatic heterocycles. The first-order chi connectivity index (χ1) is 12.4. The predicted octanol–water partition coefficient (Wildman–Crippen LogP) is 6.52. The van der Waals surface area contributed by atoms with Gasteiger partial charge in [0.25, 0.3) is 0 Å². The first kappa shape index (κ1) is 29.4. The van der Waals surface area contributed by atoms with Crippen LogP contribution in [0.4, 0.5) is 0 Å². The summed E-state index contributed by atoms with van der Waals surface area (Å²) < 4.78 is 0. The number of halogens is 1. The lowest BCUT2D eigenvalue weighted by atomic mass is 9.83. The van der Waals surface area contributed by atoms with Crippen LogP contribution in [0.2, 0.25) is 0 Å². The lowest BCUT2D eigenvalue weighted by Gasteiger charge is -2.35. The fourth-order valence-corrected chi connectivity index (χ4v) is 3.75. The van der Waals surface area contributed by atoms with Gasteiger partial charge in [-0.25, -0.2) is 0 Å². The summed E-state index contributed by atoms with van der Waals surface area (Å²) in [5.41, 5.74) is 5.29. The number of rotatable bonds is 19. The Kier molecular flexibility index (Phi) is 21.2. The molecule has 0 aliphatic carbocycles. The zero-order chi connectivity index (χ0) is 19.7. The molecule has 0 aromatic heterocycles. The smallest absolute Gasteiger partial charge is 0.0716 e. The van der Waals surface area contributed by atoms with Gasteiger partial charge in [-0.2, -0.15) is 0 Å². The van der Waals surface area contributed by atoms with Crippen LogP contribution >= 0.6 is 12.4 Å². The summed E-state index contributed by atoms with van der Waals surface area (Å²) in [5.74, 6) is 0. The maximum absolute atomic E-state index is 9.78. The highest BCUT2D eigenvalue weighted by Gasteiger charge is 2.35. The molecule has 0 spiro atoms. The van der Waals surface area contributed by atoms with E-state index in [1.165, 1.54) is 89.9 Å². The molecule has 0 aromatic carbocycles. The van der Waals surface area contributed by atoms with Gasteiger partial charge in [0, 0.05) is 0 Å². The summed E-state index contributed by atoms with van der Waals surface area (Å²) in [5, 5.41) is 19.6. The van der Waals surface area contributed by atoms with E-state index in [1.807, 2.05) is 0 Å². The molecule has 0 rings (SSSR count). The molecule has 27 heavy (non-hydrogen) atoms. The molecule has 4 N–H and O–H groups in total. The summed E-state index contributed by atoms with van der Waals surface area (Å²) in [6.45, 7) is 5.64. The summed E-state index contributed by atoms with van der Waals surface area (Å²) >= 11 is 0. The Labute approximate surface area is 176 Å². The highest BCUT2D eigenvalue weighted by Crippen LogP contribution is 2.22. The van der Waals surface area contributed by atoms with Crippen LogP contribution in [-0.2, 0) is 0 Å². The third-order valence-corrected chi connectivity index (χ3v) is 6.02. The molecule has 0 saturated carbocycles. The van der Waals surface area contributed by atoms with Crippen molar-refractivity contribution in [2.24, 2.45) is 5.73 Å². The van der Waals surface area contributed by atoms with Gasteiger partial charge in [0.2, 0.25) is 0 Å². The molecule has 0 fully saturated rings. The van der Waals surface area contributed by atoms with Gasteiger partial charge in [0.1, 0.15) is 0 Å². The highest BCUT2D eigenvalue weighted by atomic mass is 35.5. The Morgan fingerprint density at radius 3 is 1.11 bits per heavy atom. The van der Waals surface area contributed by atoms with Crippen molar-refractivity contribution in [1.29, 1.82) is 0 Å². The molecular formula is C23H50ClNO2. The maximum atomic E-state index is 9.78. The largest absolute Gasteiger partial charge is 0.391 e. The Morgan fingerprint density at radius 1 is 0.593 bits per heavy atom. The number of nitrogens with two attached hydrogens (primary N) is 1. The molecule has 2 atom stereocenters. The number of hydrogen-bond acceptors (Lipinski definition) is 3. The average molecular weight is 408 g/mol. The van der Waals surface area contributed by atoms with Crippen molar-refractivity contribution < 1.29 is 10.2 Å². The zero-order valence-corrected chi connectivity index (χ0v) is 19.4. The predicted molar refractivity (Wildman–Crippen MR) is 122 cm³/mol. The number of hydrogen-bond donors (Lipinski definition) is 3. The van der Waals surface area contributed by atoms with Gasteiger partial charge in [-0.05, 0) is 20.3 Å². The Bertz CT molecular complexity index is 290. The standard InChI is InChI=1S/C23H49NO2.ClH/c1-4-5-6-7-8-9-10-11-12-13-14-15-16-17-18-19-20-23(24,21(2)25)22(3)26;/h21-22,25-26H,4-20,24H2,1-3H3;1H. The van der Waals surface area contributed by atoms with E-state index in [0.29, 0.717) is 6.42 Å². The van der Waals surface area contributed by atoms with Crippen molar-refractivity contribution in [2.45, 2.75) is 148 Å². The third-order valence-electron chi connectivity index (χ3n) is 6.02. The quantitative estimate of drug-likeness (QED) is 0.213. The molecule has 166 valence electrons. The van der Waals surface area contributed by atoms with E-state index in [1.54, 1.807) is 13.8 Å². The molecule has 4 heteroatoms. The van der Waals surface area contributed by atoms with Crippen LogP contribution in [0, 0.1) is 0 Å². The van der Waals surface area contributed by atoms with Crippen LogP contribution in [-0.4, -0.2) is 28.0 Å². The molecule has 0 aliphatic rings. The molecule has 2 unspecified atom stereocenters. The molecular weight excluding hydrogens is 358 g/mol. The molecule has 0 bridgehead atoms. The SMILES string of the molecule is CCCCCCCCCCCCCCCCCCC(N)(C(C)O)C(C)O.Cl. The third kappa shape index (κ3) is 15.7. The second-order valence-corrected chi connectivity index (χ2v) is 8.52. The minimum absolute atomic E-state index is 0. The maximum Gasteiger partial charge on any atom is 0.0716 e. The van der Waals surface area contributed by atoms with Crippen LogP contribution in [0.3, 0.4) is 0 Å². The molecule has 3 nitrogen and oxygen atoms in total. The van der Waals surface area contributed by atoms with Crippen molar-refractivity contribution >= 4 is 12.4 Å². The van der Waals surface area contributed by atoms with E-state index in [2.05, 4.69) is 6.92 Å². The molecule has 0 saturated heterocycles. The normalized spacial score (nSPS) is 15.8. The topological polar surface area (TPSA) is 66.5 Å². The Balaban J connectivity index is 0. The van der Waals surface area contributed by atoms with E-state index in [-0.39, 0.29) is 12.4 Å². The summed E-state index contributed by atoms with van der Waals surface area (Å²) in [6.07, 6.45) is 20.9. The van der Waals surface area contributed by atoms with E-state index in [0.717, 1.165) is 12.8 Å². The fourth-order valence-electron chi connectivity index (χ4n) is 3.75. The monoisotopic (exact) mass is 407 g/mol. The van der Waals surface area contributed by atoms with E-state index < -0.39 is 17.7 Å². The van der Waals surface area contributed by atoms with Crippen molar-refractivity contribution in [3.63, 3.8) is 0 Å². The van der Waals surface area contributed by atoms with Crippen molar-refractivity contribution in [1.82, 2.24) is 0 Å². The van der Waals surface area contributed by atoms with Gasteiger partial charge in [-0.15, -0.1) is 12.4 Å². The van der Waals surface area contributed by atoms with Crippen molar-refractivity contribution in [2.75, 3.05) is 0 Å². The van der Waals surface area contributed by atoms with Gasteiger partial charge in [0.05, 0.1) is 17.7 Å². The Morgan fingerprint density at radius 2 is 0.852 bits per heavy atom. The number of unbranched alkanes of at least 4 members (excludes halogenated alkanes) is 15. The van der Waals surface area contributed by atoms with Crippen LogP contribution in [0.25, 0.3) is 0 Å². The number of aliphatic hydroxyl groups is 2. The first-order valence-electron chi connectivity index (χ1n) is 11.6. The fraction of sp³-hybridized carbons (Fsp3) is 1.00. The molecule has 0 aromatic rings. The van der Waals surface area contributed by atoms with Crippen LogP contribution in [0.15, 0.2) is 0 Å². The van der Waals surface area contributed by atoms with Gasteiger partial charge < -0.3 is 15.9 Å². The van der Waals surface area contributed by atoms with Crippen molar-refractivity contribution in [3.05, 3.63) is 0 Å². The zero-order valence-electron chi connectivity index (χ0n) is 18.6. The van der Waals surface area contributed by atoms with Gasteiger partial charge in [-0.3, -0.25) is 0 Å². The van der Waals surface area contributed by atoms with E-state index in [9.17, 15) is 10.2 Å². The van der Waals surface area contributed by atoms with Gasteiger partial charge in [-0.1, -0.05) is 110 Å². The molecule has 0 amide bonds. The van der Waals surface area contributed by atoms with Crippen LogP contribution in [0.1, 0.15) is 130 Å². The molecule has 0 heterocycles. The highest BCUT2D eigenvalue weighted by molar-refractivity contribution is 5.85. The van der Waals surface area contributed by atoms with Crippen LogP contribution < -0.4 is 5.73 Å². The minimum atomic E-state index is -0.851. The summed E-state index contributed by atoms with van der Waals surface area (Å²) in [6, 6.07) is 0. The second-order valence-electron chi connectivity index (χ2n) is 8.52. The minimum Gasteiger partial charge on any atom is -0.391 e. The van der Waals surface area contributed by atoms with Gasteiger partial charge in [0.15, 0.2) is 0 Å². The lowest BCUT2D eigenvalue weighted by molar-refractivity contribution is 0.00127. The molecule has 0 radical (unpaired) electrons.